The van der Waals surface area contributed by atoms with Crippen LogP contribution in [0.3, 0.4) is 0 Å². The molecule has 0 bridgehead atoms. The van der Waals surface area contributed by atoms with Gasteiger partial charge >= 0.3 is 0 Å². The van der Waals surface area contributed by atoms with Crippen LogP contribution in [-0.2, 0) is 24.1 Å². The molecule has 0 spiro atoms. The molecule has 1 aliphatic heterocycles. The molecular weight excluding hydrogens is 298 g/mol. The van der Waals surface area contributed by atoms with Gasteiger partial charge in [-0.15, -0.1) is 0 Å². The summed E-state index contributed by atoms with van der Waals surface area (Å²) in [7, 11) is 0. The highest BCUT2D eigenvalue weighted by molar-refractivity contribution is 5.79. The Balaban J connectivity index is 1.30. The summed E-state index contributed by atoms with van der Waals surface area (Å²) in [6.45, 7) is 1.84. The Morgan fingerprint density at radius 2 is 1.96 bits per heavy atom. The molecule has 126 valence electrons. The fourth-order valence-corrected chi connectivity index (χ4v) is 4.17. The number of aromatic nitrogens is 2. The largest absolute Gasteiger partial charge is 0.348 e. The average molecular weight is 323 g/mol. The monoisotopic (exact) mass is 323 g/mol. The SMILES string of the molecule is O=C([C@@H]1CCc2nc[nH]c2C1)N1CCC(Cc2ccccc2)CC1. The summed E-state index contributed by atoms with van der Waals surface area (Å²) in [5.74, 6) is 1.21. The van der Waals surface area contributed by atoms with E-state index in [0.29, 0.717) is 11.8 Å². The lowest BCUT2D eigenvalue weighted by atomic mass is 9.86. The summed E-state index contributed by atoms with van der Waals surface area (Å²) < 4.78 is 0. The van der Waals surface area contributed by atoms with Gasteiger partial charge in [0, 0.05) is 31.1 Å². The highest BCUT2D eigenvalue weighted by Crippen LogP contribution is 2.27. The number of amides is 1. The van der Waals surface area contributed by atoms with E-state index in [1.165, 1.54) is 11.3 Å². The maximum atomic E-state index is 12.8. The van der Waals surface area contributed by atoms with Crippen molar-refractivity contribution >= 4 is 5.91 Å². The van der Waals surface area contributed by atoms with Crippen LogP contribution in [0.15, 0.2) is 36.7 Å². The Labute approximate surface area is 143 Å². The molecule has 2 heterocycles. The first-order chi connectivity index (χ1) is 11.8. The van der Waals surface area contributed by atoms with E-state index < -0.39 is 0 Å². The molecule has 1 atom stereocenters. The molecule has 1 amide bonds. The van der Waals surface area contributed by atoms with Gasteiger partial charge in [-0.05, 0) is 43.6 Å². The normalized spacial score (nSPS) is 21.5. The van der Waals surface area contributed by atoms with Gasteiger partial charge in [-0.25, -0.2) is 4.98 Å². The second kappa shape index (κ2) is 6.80. The van der Waals surface area contributed by atoms with E-state index in [1.54, 1.807) is 6.33 Å². The number of benzene rings is 1. The Hall–Kier alpha value is -2.10. The summed E-state index contributed by atoms with van der Waals surface area (Å²) >= 11 is 0. The van der Waals surface area contributed by atoms with Gasteiger partial charge in [-0.3, -0.25) is 4.79 Å². The predicted octanol–water partition coefficient (Wildman–Crippen LogP) is 3.00. The zero-order valence-corrected chi connectivity index (χ0v) is 14.1. The van der Waals surface area contributed by atoms with E-state index in [9.17, 15) is 4.79 Å². The number of piperidine rings is 1. The van der Waals surface area contributed by atoms with Gasteiger partial charge in [-0.1, -0.05) is 30.3 Å². The molecular formula is C20H25N3O. The number of nitrogens with one attached hydrogen (secondary N) is 1. The van der Waals surface area contributed by atoms with Gasteiger partial charge in [0.1, 0.15) is 0 Å². The molecule has 0 radical (unpaired) electrons. The second-order valence-electron chi connectivity index (χ2n) is 7.23. The van der Waals surface area contributed by atoms with Crippen LogP contribution in [0.1, 0.15) is 36.2 Å². The second-order valence-corrected chi connectivity index (χ2v) is 7.23. The summed E-state index contributed by atoms with van der Waals surface area (Å²) in [6, 6.07) is 10.7. The minimum Gasteiger partial charge on any atom is -0.348 e. The Morgan fingerprint density at radius 3 is 2.75 bits per heavy atom. The average Bonchev–Trinajstić information content (AvgIpc) is 3.10. The van der Waals surface area contributed by atoms with E-state index in [4.69, 9.17) is 0 Å². The third kappa shape index (κ3) is 3.23. The number of imidazole rings is 1. The van der Waals surface area contributed by atoms with Crippen LogP contribution in [0.25, 0.3) is 0 Å². The van der Waals surface area contributed by atoms with Crippen LogP contribution in [0.4, 0.5) is 0 Å². The number of hydrogen-bond donors (Lipinski definition) is 1. The zero-order chi connectivity index (χ0) is 16.4. The fourth-order valence-electron chi connectivity index (χ4n) is 4.17. The van der Waals surface area contributed by atoms with E-state index in [-0.39, 0.29) is 5.92 Å². The van der Waals surface area contributed by atoms with Crippen LogP contribution in [0.5, 0.6) is 0 Å². The van der Waals surface area contributed by atoms with Crippen LogP contribution < -0.4 is 0 Å². The first kappa shape index (κ1) is 15.4. The molecule has 1 aromatic carbocycles. The Morgan fingerprint density at radius 1 is 1.17 bits per heavy atom. The molecule has 1 fully saturated rings. The number of nitrogens with zero attached hydrogens (tertiary/aromatic N) is 2. The number of carbonyl (C=O) groups is 1. The molecule has 4 nitrogen and oxygen atoms in total. The van der Waals surface area contributed by atoms with Crippen LogP contribution >= 0.6 is 0 Å². The van der Waals surface area contributed by atoms with E-state index >= 15 is 0 Å². The van der Waals surface area contributed by atoms with Gasteiger partial charge in [0.05, 0.1) is 12.0 Å². The van der Waals surface area contributed by atoms with Gasteiger partial charge in [-0.2, -0.15) is 0 Å². The summed E-state index contributed by atoms with van der Waals surface area (Å²) in [5, 5.41) is 0. The number of likely N-dealkylation sites (tertiary alicyclic amines) is 1. The summed E-state index contributed by atoms with van der Waals surface area (Å²) in [5.41, 5.74) is 3.74. The molecule has 2 aliphatic rings. The zero-order valence-electron chi connectivity index (χ0n) is 14.1. The predicted molar refractivity (Wildman–Crippen MR) is 93.6 cm³/mol. The number of aryl methyl sites for hydroxylation is 1. The third-order valence-electron chi connectivity index (χ3n) is 5.63. The van der Waals surface area contributed by atoms with Gasteiger partial charge in [0.15, 0.2) is 0 Å². The van der Waals surface area contributed by atoms with Crippen molar-refractivity contribution in [3.63, 3.8) is 0 Å². The van der Waals surface area contributed by atoms with Crippen LogP contribution in [-0.4, -0.2) is 33.9 Å². The highest BCUT2D eigenvalue weighted by atomic mass is 16.2. The lowest BCUT2D eigenvalue weighted by Gasteiger charge is -2.35. The number of H-pyrrole nitrogens is 1. The first-order valence-electron chi connectivity index (χ1n) is 9.13. The van der Waals surface area contributed by atoms with Crippen molar-refractivity contribution < 1.29 is 4.79 Å². The maximum absolute atomic E-state index is 12.8. The van der Waals surface area contributed by atoms with Crippen molar-refractivity contribution in [1.82, 2.24) is 14.9 Å². The van der Waals surface area contributed by atoms with Crippen LogP contribution in [0.2, 0.25) is 0 Å². The topological polar surface area (TPSA) is 49.0 Å². The number of hydrogen-bond acceptors (Lipinski definition) is 2. The van der Waals surface area contributed by atoms with Crippen molar-refractivity contribution in [1.29, 1.82) is 0 Å². The third-order valence-corrected chi connectivity index (χ3v) is 5.63. The highest BCUT2D eigenvalue weighted by Gasteiger charge is 2.31. The van der Waals surface area contributed by atoms with Crippen molar-refractivity contribution in [2.75, 3.05) is 13.1 Å². The molecule has 1 saturated heterocycles. The molecule has 1 aliphatic carbocycles. The fraction of sp³-hybridized carbons (Fsp3) is 0.500. The Bertz CT molecular complexity index is 686. The lowest BCUT2D eigenvalue weighted by Crippen LogP contribution is -2.43. The van der Waals surface area contributed by atoms with Crippen molar-refractivity contribution in [2.24, 2.45) is 11.8 Å². The lowest BCUT2D eigenvalue weighted by molar-refractivity contribution is -0.137. The minimum absolute atomic E-state index is 0.142. The van der Waals surface area contributed by atoms with Gasteiger partial charge in [0.2, 0.25) is 5.91 Å². The quantitative estimate of drug-likeness (QED) is 0.944. The smallest absolute Gasteiger partial charge is 0.226 e. The van der Waals surface area contributed by atoms with Gasteiger partial charge < -0.3 is 9.88 Å². The van der Waals surface area contributed by atoms with Crippen molar-refractivity contribution in [3.8, 4) is 0 Å². The molecule has 24 heavy (non-hydrogen) atoms. The maximum Gasteiger partial charge on any atom is 0.226 e. The standard InChI is InChI=1S/C20H25N3O/c24-20(17-6-7-18-19(13-17)22-14-21-18)23-10-8-16(9-11-23)12-15-4-2-1-3-5-15/h1-5,14,16-17H,6-13H2,(H,21,22)/t17-/m1/s1. The number of rotatable bonds is 3. The van der Waals surface area contributed by atoms with E-state index in [1.807, 2.05) is 0 Å². The van der Waals surface area contributed by atoms with Crippen molar-refractivity contribution in [2.45, 2.75) is 38.5 Å². The van der Waals surface area contributed by atoms with Crippen LogP contribution in [0, 0.1) is 11.8 Å². The number of carbonyl (C=O) groups excluding carboxylic acids is 1. The first-order valence-corrected chi connectivity index (χ1v) is 9.13. The number of fused-ring (bicyclic) bond motifs is 1. The Kier molecular flexibility index (Phi) is 4.37. The molecule has 1 N–H and O–H groups in total. The van der Waals surface area contributed by atoms with E-state index in [2.05, 4.69) is 45.2 Å². The van der Waals surface area contributed by atoms with Gasteiger partial charge in [0.25, 0.3) is 0 Å². The van der Waals surface area contributed by atoms with E-state index in [0.717, 1.165) is 57.3 Å². The molecule has 4 rings (SSSR count). The summed E-state index contributed by atoms with van der Waals surface area (Å²) in [6.07, 6.45) is 7.86. The molecule has 4 heteroatoms. The molecule has 0 saturated carbocycles. The molecule has 1 aromatic heterocycles. The molecule has 0 unspecified atom stereocenters. The minimum atomic E-state index is 0.142. The molecule has 2 aromatic rings. The number of aromatic amines is 1. The summed E-state index contributed by atoms with van der Waals surface area (Å²) in [4.78, 5) is 22.5. The van der Waals surface area contributed by atoms with Crippen molar-refractivity contribution in [3.05, 3.63) is 53.6 Å².